The highest BCUT2D eigenvalue weighted by molar-refractivity contribution is 8.00. The molecule has 1 aromatic heterocycles. The van der Waals surface area contributed by atoms with Crippen LogP contribution in [0.15, 0.2) is 28.6 Å². The van der Waals surface area contributed by atoms with Gasteiger partial charge in [-0.3, -0.25) is 0 Å². The number of thiazole rings is 1. The van der Waals surface area contributed by atoms with Gasteiger partial charge >= 0.3 is 0 Å². The summed E-state index contributed by atoms with van der Waals surface area (Å²) in [6.45, 7) is 5.03. The van der Waals surface area contributed by atoms with E-state index in [9.17, 15) is 4.39 Å². The number of anilines is 2. The zero-order valence-electron chi connectivity index (χ0n) is 15.9. The zero-order valence-corrected chi connectivity index (χ0v) is 18.3. The van der Waals surface area contributed by atoms with Gasteiger partial charge in [-0.05, 0) is 63.2 Å². The Balaban J connectivity index is 1.33. The maximum Gasteiger partial charge on any atom is 0.192 e. The normalized spacial score (nSPS) is 19.1. The minimum absolute atomic E-state index is 0.305. The maximum atomic E-state index is 14.3. The number of rotatable bonds is 11. The van der Waals surface area contributed by atoms with Gasteiger partial charge < -0.3 is 20.7 Å². The second kappa shape index (κ2) is 11.2. The van der Waals surface area contributed by atoms with Crippen LogP contribution in [0.1, 0.15) is 32.6 Å². The number of nitrogens with one attached hydrogen (secondary N) is 4. The molecule has 2 atom stereocenters. The van der Waals surface area contributed by atoms with Crippen molar-refractivity contribution < 1.29 is 4.39 Å². The molecule has 0 saturated carbocycles. The van der Waals surface area contributed by atoms with E-state index in [2.05, 4.69) is 32.6 Å². The molecule has 1 aliphatic heterocycles. The Hall–Kier alpha value is -1.06. The maximum absolute atomic E-state index is 14.3. The molecule has 1 aliphatic rings. The van der Waals surface area contributed by atoms with Crippen LogP contribution in [0.5, 0.6) is 0 Å². The quantitative estimate of drug-likeness (QED) is 0.290. The van der Waals surface area contributed by atoms with Crippen molar-refractivity contribution in [2.45, 2.75) is 49.6 Å². The zero-order chi connectivity index (χ0) is 19.8. The van der Waals surface area contributed by atoms with Crippen molar-refractivity contribution >= 4 is 45.7 Å². The molecular weight excluding hydrogens is 417 g/mol. The molecule has 0 radical (unpaired) electrons. The SMILES string of the molecule is C[C@H]1CC[C@@H](CNCCCCNc2cc(F)c(SNc3nccs3)cc2Cl)N1. The van der Waals surface area contributed by atoms with Crippen molar-refractivity contribution in [3.8, 4) is 0 Å². The molecular formula is C19H27ClFN5S2. The van der Waals surface area contributed by atoms with Gasteiger partial charge in [0.25, 0.3) is 0 Å². The summed E-state index contributed by atoms with van der Waals surface area (Å²) in [4.78, 5) is 4.56. The van der Waals surface area contributed by atoms with E-state index in [1.54, 1.807) is 12.3 Å². The van der Waals surface area contributed by atoms with E-state index >= 15 is 0 Å². The van der Waals surface area contributed by atoms with E-state index in [1.807, 2.05) is 5.38 Å². The number of aromatic nitrogens is 1. The average Bonchev–Trinajstić information content (AvgIpc) is 3.34. The van der Waals surface area contributed by atoms with Crippen molar-refractivity contribution in [2.75, 3.05) is 29.7 Å². The molecule has 0 spiro atoms. The third-order valence-corrected chi connectivity index (χ3v) is 6.62. The minimum atomic E-state index is -0.305. The van der Waals surface area contributed by atoms with Crippen molar-refractivity contribution in [3.63, 3.8) is 0 Å². The monoisotopic (exact) mass is 443 g/mol. The average molecular weight is 444 g/mol. The van der Waals surface area contributed by atoms with Gasteiger partial charge in [-0.1, -0.05) is 11.6 Å². The largest absolute Gasteiger partial charge is 0.384 e. The van der Waals surface area contributed by atoms with Gasteiger partial charge in [-0.2, -0.15) is 0 Å². The Bertz CT molecular complexity index is 731. The second-order valence-electron chi connectivity index (χ2n) is 6.98. The van der Waals surface area contributed by atoms with Crippen LogP contribution in [0, 0.1) is 5.82 Å². The van der Waals surface area contributed by atoms with Crippen LogP contribution in [-0.4, -0.2) is 36.7 Å². The van der Waals surface area contributed by atoms with Crippen LogP contribution >= 0.6 is 34.9 Å². The fraction of sp³-hybridized carbons (Fsp3) is 0.526. The fourth-order valence-electron chi connectivity index (χ4n) is 3.17. The van der Waals surface area contributed by atoms with E-state index in [4.69, 9.17) is 11.6 Å². The highest BCUT2D eigenvalue weighted by atomic mass is 35.5. The standard InChI is InChI=1S/C19H27ClFN5S2/c1-13-4-5-14(25-13)12-22-6-2-3-7-23-17-11-16(21)18(10-15(17)20)28-26-19-24-8-9-27-19/h8-11,13-14,22-23,25H,2-7,12H2,1H3,(H,24,26)/t13-,14-/m0/s1. The number of benzene rings is 1. The number of nitrogens with zero attached hydrogens (tertiary/aromatic N) is 1. The Morgan fingerprint density at radius 1 is 1.32 bits per heavy atom. The lowest BCUT2D eigenvalue weighted by atomic mass is 10.2. The molecule has 2 heterocycles. The molecule has 2 aromatic rings. The van der Waals surface area contributed by atoms with E-state index < -0.39 is 0 Å². The molecule has 0 unspecified atom stereocenters. The fourth-order valence-corrected chi connectivity index (χ4v) is 4.74. The van der Waals surface area contributed by atoms with E-state index in [0.717, 1.165) is 37.6 Å². The molecule has 9 heteroatoms. The van der Waals surface area contributed by atoms with Gasteiger partial charge in [0, 0.05) is 36.8 Å². The first kappa shape index (κ1) is 21.6. The highest BCUT2D eigenvalue weighted by Crippen LogP contribution is 2.32. The predicted octanol–water partition coefficient (Wildman–Crippen LogP) is 4.98. The Morgan fingerprint density at radius 3 is 2.93 bits per heavy atom. The summed E-state index contributed by atoms with van der Waals surface area (Å²) in [5, 5.41) is 13.4. The topological polar surface area (TPSA) is 61.0 Å². The minimum Gasteiger partial charge on any atom is -0.384 e. The predicted molar refractivity (Wildman–Crippen MR) is 119 cm³/mol. The molecule has 0 bridgehead atoms. The molecule has 1 fully saturated rings. The van der Waals surface area contributed by atoms with Crippen LogP contribution in [0.25, 0.3) is 0 Å². The summed E-state index contributed by atoms with van der Waals surface area (Å²) in [6.07, 6.45) is 6.30. The first-order valence-electron chi connectivity index (χ1n) is 9.64. The Labute approximate surface area is 179 Å². The molecule has 154 valence electrons. The third-order valence-electron chi connectivity index (χ3n) is 4.66. The lowest BCUT2D eigenvalue weighted by Crippen LogP contribution is -2.36. The van der Waals surface area contributed by atoms with E-state index in [0.29, 0.717) is 27.7 Å². The molecule has 3 rings (SSSR count). The third kappa shape index (κ3) is 6.77. The summed E-state index contributed by atoms with van der Waals surface area (Å²) in [7, 11) is 0. The molecule has 0 amide bonds. The number of hydrogen-bond acceptors (Lipinski definition) is 7. The van der Waals surface area contributed by atoms with Gasteiger partial charge in [0.05, 0.1) is 15.6 Å². The van der Waals surface area contributed by atoms with Crippen LogP contribution in [-0.2, 0) is 0 Å². The number of unbranched alkanes of at least 4 members (excludes halogenated alkanes) is 1. The van der Waals surface area contributed by atoms with Gasteiger partial charge in [-0.25, -0.2) is 9.37 Å². The van der Waals surface area contributed by atoms with Crippen LogP contribution in [0.3, 0.4) is 0 Å². The van der Waals surface area contributed by atoms with Crippen LogP contribution in [0.4, 0.5) is 15.2 Å². The van der Waals surface area contributed by atoms with E-state index in [1.165, 1.54) is 42.2 Å². The Kier molecular flexibility index (Phi) is 8.66. The highest BCUT2D eigenvalue weighted by Gasteiger charge is 2.19. The van der Waals surface area contributed by atoms with Gasteiger partial charge in [0.2, 0.25) is 0 Å². The molecule has 4 N–H and O–H groups in total. The Morgan fingerprint density at radius 2 is 2.18 bits per heavy atom. The van der Waals surface area contributed by atoms with Gasteiger partial charge in [-0.15, -0.1) is 11.3 Å². The number of hydrogen-bond donors (Lipinski definition) is 4. The summed E-state index contributed by atoms with van der Waals surface area (Å²) >= 11 is 8.94. The van der Waals surface area contributed by atoms with E-state index in [-0.39, 0.29) is 5.82 Å². The lowest BCUT2D eigenvalue weighted by molar-refractivity contribution is 0.506. The molecule has 5 nitrogen and oxygen atoms in total. The summed E-state index contributed by atoms with van der Waals surface area (Å²) in [5.74, 6) is -0.305. The first-order chi connectivity index (χ1) is 13.6. The smallest absolute Gasteiger partial charge is 0.192 e. The summed E-state index contributed by atoms with van der Waals surface area (Å²) < 4.78 is 17.3. The lowest BCUT2D eigenvalue weighted by Gasteiger charge is -2.13. The molecule has 28 heavy (non-hydrogen) atoms. The van der Waals surface area contributed by atoms with Gasteiger partial charge in [0.15, 0.2) is 5.13 Å². The van der Waals surface area contributed by atoms with Crippen molar-refractivity contribution in [1.82, 2.24) is 15.6 Å². The molecule has 1 aromatic carbocycles. The summed E-state index contributed by atoms with van der Waals surface area (Å²) in [5.41, 5.74) is 0.634. The van der Waals surface area contributed by atoms with Crippen LogP contribution < -0.4 is 20.7 Å². The molecule has 1 saturated heterocycles. The van der Waals surface area contributed by atoms with Crippen molar-refractivity contribution in [3.05, 3.63) is 34.5 Å². The van der Waals surface area contributed by atoms with Crippen molar-refractivity contribution in [1.29, 1.82) is 0 Å². The second-order valence-corrected chi connectivity index (χ2v) is 9.13. The number of halogens is 2. The summed E-state index contributed by atoms with van der Waals surface area (Å²) in [6, 6.07) is 4.35. The van der Waals surface area contributed by atoms with Gasteiger partial charge in [0.1, 0.15) is 5.82 Å². The molecule has 0 aliphatic carbocycles. The van der Waals surface area contributed by atoms with Crippen LogP contribution in [0.2, 0.25) is 5.02 Å². The first-order valence-corrected chi connectivity index (χ1v) is 11.7. The van der Waals surface area contributed by atoms with Crippen molar-refractivity contribution in [2.24, 2.45) is 0 Å².